The van der Waals surface area contributed by atoms with Gasteiger partial charge in [0.1, 0.15) is 6.10 Å². The van der Waals surface area contributed by atoms with Crippen molar-refractivity contribution >= 4 is 5.97 Å². The van der Waals surface area contributed by atoms with E-state index in [9.17, 15) is 4.79 Å². The first-order valence-electron chi connectivity index (χ1n) is 7.63. The summed E-state index contributed by atoms with van der Waals surface area (Å²) in [5.41, 5.74) is 6.11. The van der Waals surface area contributed by atoms with Crippen molar-refractivity contribution in [3.8, 4) is 0 Å². The molecule has 2 aliphatic carbocycles. The number of rotatable bonds is 2. The van der Waals surface area contributed by atoms with Gasteiger partial charge in [-0.3, -0.25) is 4.79 Å². The number of hydrogen-bond acceptors (Lipinski definition) is 3. The fourth-order valence-corrected chi connectivity index (χ4v) is 3.23. The van der Waals surface area contributed by atoms with Crippen molar-refractivity contribution in [2.75, 3.05) is 0 Å². The first kappa shape index (κ1) is 13.9. The van der Waals surface area contributed by atoms with E-state index in [2.05, 4.69) is 6.92 Å². The van der Waals surface area contributed by atoms with Crippen molar-refractivity contribution in [1.82, 2.24) is 0 Å². The molecule has 2 aliphatic rings. The molecule has 2 rings (SSSR count). The highest BCUT2D eigenvalue weighted by Crippen LogP contribution is 2.28. The van der Waals surface area contributed by atoms with E-state index in [1.165, 1.54) is 19.3 Å². The summed E-state index contributed by atoms with van der Waals surface area (Å²) in [6.07, 6.45) is 9.99. The minimum atomic E-state index is -0.0492. The standard InChI is InChI=1S/C15H27NO2/c1-11-7-9-12(10-8-11)18-15(17)13-5-3-2-4-6-14(13)16/h11-14H,2-10,16H2,1H3. The maximum atomic E-state index is 12.2. The lowest BCUT2D eigenvalue weighted by Crippen LogP contribution is -2.37. The van der Waals surface area contributed by atoms with E-state index in [0.29, 0.717) is 0 Å². The molecule has 0 heterocycles. The lowest BCUT2D eigenvalue weighted by atomic mass is 9.88. The Hall–Kier alpha value is -0.570. The molecule has 3 nitrogen and oxygen atoms in total. The molecule has 0 bridgehead atoms. The molecular weight excluding hydrogens is 226 g/mol. The van der Waals surface area contributed by atoms with Gasteiger partial charge in [-0.25, -0.2) is 0 Å². The van der Waals surface area contributed by atoms with Gasteiger partial charge in [0.25, 0.3) is 0 Å². The highest BCUT2D eigenvalue weighted by atomic mass is 16.5. The molecule has 0 saturated heterocycles. The van der Waals surface area contributed by atoms with Crippen LogP contribution < -0.4 is 5.73 Å². The lowest BCUT2D eigenvalue weighted by molar-refractivity contribution is -0.157. The quantitative estimate of drug-likeness (QED) is 0.608. The largest absolute Gasteiger partial charge is 0.462 e. The summed E-state index contributed by atoms with van der Waals surface area (Å²) in [7, 11) is 0. The zero-order valence-corrected chi connectivity index (χ0v) is 11.6. The van der Waals surface area contributed by atoms with Crippen molar-refractivity contribution in [2.24, 2.45) is 17.6 Å². The third kappa shape index (κ3) is 3.71. The van der Waals surface area contributed by atoms with Gasteiger partial charge >= 0.3 is 5.97 Å². The van der Waals surface area contributed by atoms with E-state index < -0.39 is 0 Å². The van der Waals surface area contributed by atoms with Crippen LogP contribution in [0.25, 0.3) is 0 Å². The van der Waals surface area contributed by atoms with Crippen LogP contribution in [0.15, 0.2) is 0 Å². The molecule has 0 amide bonds. The topological polar surface area (TPSA) is 52.3 Å². The Bertz CT molecular complexity index is 272. The molecule has 0 spiro atoms. The van der Waals surface area contributed by atoms with Gasteiger partial charge in [0, 0.05) is 6.04 Å². The Morgan fingerprint density at radius 2 is 1.67 bits per heavy atom. The summed E-state index contributed by atoms with van der Waals surface area (Å²) >= 11 is 0. The Morgan fingerprint density at radius 1 is 1.00 bits per heavy atom. The first-order chi connectivity index (χ1) is 8.66. The Morgan fingerprint density at radius 3 is 2.39 bits per heavy atom. The maximum Gasteiger partial charge on any atom is 0.310 e. The lowest BCUT2D eigenvalue weighted by Gasteiger charge is -2.28. The average molecular weight is 253 g/mol. The number of ether oxygens (including phenoxy) is 1. The summed E-state index contributed by atoms with van der Waals surface area (Å²) in [5.74, 6) is 0.718. The Labute approximate surface area is 110 Å². The smallest absolute Gasteiger partial charge is 0.310 e. The zero-order chi connectivity index (χ0) is 13.0. The van der Waals surface area contributed by atoms with Gasteiger partial charge in [0.15, 0.2) is 0 Å². The predicted octanol–water partition coefficient (Wildman–Crippen LogP) is 3.02. The van der Waals surface area contributed by atoms with Crippen LogP contribution in [0.3, 0.4) is 0 Å². The average Bonchev–Trinajstić information content (AvgIpc) is 2.57. The summed E-state index contributed by atoms with van der Waals surface area (Å²) < 4.78 is 5.69. The Kier molecular flexibility index (Phi) is 5.04. The van der Waals surface area contributed by atoms with Crippen LogP contribution in [0, 0.1) is 11.8 Å². The van der Waals surface area contributed by atoms with Crippen molar-refractivity contribution in [1.29, 1.82) is 0 Å². The summed E-state index contributed by atoms with van der Waals surface area (Å²) in [6.45, 7) is 2.28. The second-order valence-electron chi connectivity index (χ2n) is 6.23. The minimum Gasteiger partial charge on any atom is -0.462 e. The van der Waals surface area contributed by atoms with Crippen molar-refractivity contribution in [3.05, 3.63) is 0 Å². The maximum absolute atomic E-state index is 12.2. The van der Waals surface area contributed by atoms with Crippen LogP contribution in [0.5, 0.6) is 0 Å². The molecule has 2 unspecified atom stereocenters. The van der Waals surface area contributed by atoms with Crippen molar-refractivity contribution in [2.45, 2.75) is 76.9 Å². The number of esters is 1. The number of nitrogens with two attached hydrogens (primary N) is 1. The van der Waals surface area contributed by atoms with Gasteiger partial charge in [-0.2, -0.15) is 0 Å². The van der Waals surface area contributed by atoms with Crippen molar-refractivity contribution in [3.63, 3.8) is 0 Å². The van der Waals surface area contributed by atoms with Crippen LogP contribution in [0.2, 0.25) is 0 Å². The van der Waals surface area contributed by atoms with Gasteiger partial charge in [-0.15, -0.1) is 0 Å². The molecule has 0 aromatic heterocycles. The third-order valence-electron chi connectivity index (χ3n) is 4.62. The van der Waals surface area contributed by atoms with Crippen LogP contribution in [0.1, 0.15) is 64.7 Å². The van der Waals surface area contributed by atoms with Crippen LogP contribution >= 0.6 is 0 Å². The summed E-state index contributed by atoms with van der Waals surface area (Å²) in [6, 6.07) is 0.0162. The molecule has 2 fully saturated rings. The highest BCUT2D eigenvalue weighted by Gasteiger charge is 2.31. The highest BCUT2D eigenvalue weighted by molar-refractivity contribution is 5.73. The monoisotopic (exact) mass is 253 g/mol. The second-order valence-corrected chi connectivity index (χ2v) is 6.23. The van der Waals surface area contributed by atoms with E-state index >= 15 is 0 Å². The summed E-state index contributed by atoms with van der Waals surface area (Å²) in [4.78, 5) is 12.2. The SMILES string of the molecule is CC1CCC(OC(=O)C2CCCCCC2N)CC1. The van der Waals surface area contributed by atoms with E-state index in [1.807, 2.05) is 0 Å². The van der Waals surface area contributed by atoms with Crippen LogP contribution in [0.4, 0.5) is 0 Å². The van der Waals surface area contributed by atoms with Gasteiger partial charge in [-0.1, -0.05) is 26.2 Å². The zero-order valence-electron chi connectivity index (χ0n) is 11.6. The molecule has 18 heavy (non-hydrogen) atoms. The van der Waals surface area contributed by atoms with Crippen LogP contribution in [-0.4, -0.2) is 18.1 Å². The molecule has 2 N–H and O–H groups in total. The second kappa shape index (κ2) is 6.55. The summed E-state index contributed by atoms with van der Waals surface area (Å²) in [5, 5.41) is 0. The van der Waals surface area contributed by atoms with Gasteiger partial charge in [-0.05, 0) is 44.4 Å². The predicted molar refractivity (Wildman–Crippen MR) is 72.1 cm³/mol. The van der Waals surface area contributed by atoms with Crippen molar-refractivity contribution < 1.29 is 9.53 Å². The van der Waals surface area contributed by atoms with Gasteiger partial charge in [0.2, 0.25) is 0 Å². The normalized spacial score (nSPS) is 37.9. The fourth-order valence-electron chi connectivity index (χ4n) is 3.23. The molecular formula is C15H27NO2. The molecule has 3 heteroatoms. The fraction of sp³-hybridized carbons (Fsp3) is 0.933. The molecule has 2 saturated carbocycles. The molecule has 104 valence electrons. The number of carbonyl (C=O) groups is 1. The van der Waals surface area contributed by atoms with Gasteiger partial charge in [0.05, 0.1) is 5.92 Å². The van der Waals surface area contributed by atoms with E-state index in [4.69, 9.17) is 10.5 Å². The molecule has 0 aromatic rings. The third-order valence-corrected chi connectivity index (χ3v) is 4.62. The van der Waals surface area contributed by atoms with E-state index in [1.54, 1.807) is 0 Å². The molecule has 0 radical (unpaired) electrons. The minimum absolute atomic E-state index is 0.0162. The number of carbonyl (C=O) groups excluding carboxylic acids is 1. The molecule has 0 aliphatic heterocycles. The van der Waals surface area contributed by atoms with Gasteiger partial charge < -0.3 is 10.5 Å². The van der Waals surface area contributed by atoms with E-state index in [-0.39, 0.29) is 24.0 Å². The molecule has 0 aromatic carbocycles. The van der Waals surface area contributed by atoms with E-state index in [0.717, 1.165) is 44.4 Å². The number of hydrogen-bond donors (Lipinski definition) is 1. The first-order valence-corrected chi connectivity index (χ1v) is 7.63. The molecule has 2 atom stereocenters. The Balaban J connectivity index is 1.82. The van der Waals surface area contributed by atoms with Crippen LogP contribution in [-0.2, 0) is 9.53 Å².